The molecule has 0 amide bonds. The van der Waals surface area contributed by atoms with Crippen molar-refractivity contribution in [1.82, 2.24) is 0 Å². The molecule has 0 spiro atoms. The van der Waals surface area contributed by atoms with Crippen molar-refractivity contribution in [3.8, 4) is 0 Å². The number of hydrogen-bond acceptors (Lipinski definition) is 0. The van der Waals surface area contributed by atoms with Crippen molar-refractivity contribution in [1.29, 1.82) is 0 Å². The molecule has 0 saturated carbocycles. The third-order valence-electron chi connectivity index (χ3n) is 6.80. The molecule has 0 saturated heterocycles. The van der Waals surface area contributed by atoms with Gasteiger partial charge in [-0.2, -0.15) is 0 Å². The maximum Gasteiger partial charge on any atom is 0.173 e. The highest BCUT2D eigenvalue weighted by Crippen LogP contribution is 2.43. The van der Waals surface area contributed by atoms with Gasteiger partial charge in [-0.05, 0) is 66.8 Å². The average Bonchev–Trinajstić information content (AvgIpc) is 2.83. The van der Waals surface area contributed by atoms with Crippen LogP contribution in [0.3, 0.4) is 0 Å². The van der Waals surface area contributed by atoms with Crippen molar-refractivity contribution < 1.29 is 0 Å². The van der Waals surface area contributed by atoms with Crippen LogP contribution in [0.25, 0.3) is 0 Å². The minimum absolute atomic E-state index is 0.106. The molecular weight excluding hydrogens is 392 g/mol. The summed E-state index contributed by atoms with van der Waals surface area (Å²) in [6.07, 6.45) is 3.51. The predicted molar refractivity (Wildman–Crippen MR) is 138 cm³/mol. The Hall–Kier alpha value is -1.99. The van der Waals surface area contributed by atoms with Gasteiger partial charge in [0, 0.05) is 11.1 Å². The highest BCUT2D eigenvalue weighted by atomic mass is 32.2. The SMILES string of the molecule is CCC(C)c1cc(C(C)CC)c([S+](c2ccccc2)c2ccccc2)c(C(C)CC)c1. The maximum atomic E-state index is 2.55. The molecule has 3 unspecified atom stereocenters. The maximum absolute atomic E-state index is 2.55. The zero-order valence-corrected chi connectivity index (χ0v) is 21.0. The van der Waals surface area contributed by atoms with Crippen LogP contribution in [0.5, 0.6) is 0 Å². The lowest BCUT2D eigenvalue weighted by molar-refractivity contribution is 0.668. The largest absolute Gasteiger partial charge is 0.173 e. The summed E-state index contributed by atoms with van der Waals surface area (Å²) >= 11 is 0. The second kappa shape index (κ2) is 11.0. The minimum atomic E-state index is -0.106. The van der Waals surface area contributed by atoms with Crippen molar-refractivity contribution in [2.24, 2.45) is 0 Å². The Morgan fingerprint density at radius 1 is 0.581 bits per heavy atom. The minimum Gasteiger partial charge on any atom is -0.0648 e. The molecule has 0 aliphatic carbocycles. The van der Waals surface area contributed by atoms with E-state index in [-0.39, 0.29) is 10.9 Å². The Morgan fingerprint density at radius 2 is 0.968 bits per heavy atom. The van der Waals surface area contributed by atoms with Gasteiger partial charge in [0.25, 0.3) is 0 Å². The van der Waals surface area contributed by atoms with Crippen molar-refractivity contribution in [3.63, 3.8) is 0 Å². The van der Waals surface area contributed by atoms with Crippen LogP contribution in [0, 0.1) is 0 Å². The zero-order chi connectivity index (χ0) is 22.4. The molecule has 31 heavy (non-hydrogen) atoms. The summed E-state index contributed by atoms with van der Waals surface area (Å²) < 4.78 is 0. The molecule has 0 fully saturated rings. The van der Waals surface area contributed by atoms with Crippen LogP contribution >= 0.6 is 0 Å². The van der Waals surface area contributed by atoms with E-state index >= 15 is 0 Å². The van der Waals surface area contributed by atoms with Gasteiger partial charge in [-0.3, -0.25) is 0 Å². The first-order valence-corrected chi connectivity index (χ1v) is 13.3. The molecule has 3 aromatic rings. The molecule has 3 atom stereocenters. The molecule has 0 aromatic heterocycles. The van der Waals surface area contributed by atoms with E-state index < -0.39 is 0 Å². The molecule has 1 heteroatoms. The summed E-state index contributed by atoms with van der Waals surface area (Å²) in [5.74, 6) is 1.68. The molecule has 3 rings (SSSR count). The Kier molecular flexibility index (Phi) is 8.43. The van der Waals surface area contributed by atoms with Crippen LogP contribution < -0.4 is 0 Å². The van der Waals surface area contributed by atoms with Gasteiger partial charge in [0.05, 0.1) is 10.9 Å². The topological polar surface area (TPSA) is 0 Å². The standard InChI is InChI=1S/C30H39S/c1-7-22(4)25-20-28(23(5)8-2)30(29(21-25)24(6)9-3)31(26-16-12-10-13-17-26)27-18-14-11-15-19-27/h10-24H,7-9H2,1-6H3/q+1. The van der Waals surface area contributed by atoms with Gasteiger partial charge in [-0.1, -0.05) is 90.1 Å². The van der Waals surface area contributed by atoms with Crippen LogP contribution in [0.2, 0.25) is 0 Å². The van der Waals surface area contributed by atoms with Crippen LogP contribution in [-0.4, -0.2) is 0 Å². The van der Waals surface area contributed by atoms with Crippen molar-refractivity contribution >= 4 is 10.9 Å². The van der Waals surface area contributed by atoms with Gasteiger partial charge in [-0.25, -0.2) is 0 Å². The van der Waals surface area contributed by atoms with Gasteiger partial charge in [0.2, 0.25) is 0 Å². The third-order valence-corrected chi connectivity index (χ3v) is 9.17. The molecule has 0 nitrogen and oxygen atoms in total. The van der Waals surface area contributed by atoms with E-state index in [1.165, 1.54) is 21.8 Å². The van der Waals surface area contributed by atoms with Crippen molar-refractivity contribution in [2.45, 2.75) is 93.2 Å². The molecule has 3 aromatic carbocycles. The van der Waals surface area contributed by atoms with Crippen LogP contribution in [0.1, 0.15) is 95.2 Å². The molecule has 0 heterocycles. The second-order valence-electron chi connectivity index (χ2n) is 8.89. The fourth-order valence-corrected chi connectivity index (χ4v) is 6.71. The van der Waals surface area contributed by atoms with Gasteiger partial charge in [0.15, 0.2) is 14.7 Å². The lowest BCUT2D eigenvalue weighted by Gasteiger charge is -2.24. The molecule has 0 radical (unpaired) electrons. The average molecular weight is 432 g/mol. The molecule has 0 bridgehead atoms. The summed E-state index contributed by atoms with van der Waals surface area (Å²) in [6.45, 7) is 14.2. The number of benzene rings is 3. The van der Waals surface area contributed by atoms with Crippen LogP contribution in [0.4, 0.5) is 0 Å². The Morgan fingerprint density at radius 3 is 1.32 bits per heavy atom. The predicted octanol–water partition coefficient (Wildman–Crippen LogP) is 9.32. The first-order chi connectivity index (χ1) is 15.0. The van der Waals surface area contributed by atoms with E-state index in [2.05, 4.69) is 114 Å². The second-order valence-corrected chi connectivity index (χ2v) is 10.9. The first-order valence-electron chi connectivity index (χ1n) is 12.0. The molecular formula is C30H39S+. The van der Waals surface area contributed by atoms with E-state index in [1.807, 2.05) is 0 Å². The Labute approximate surface area is 193 Å². The Bertz CT molecular complexity index is 874. The highest BCUT2D eigenvalue weighted by molar-refractivity contribution is 7.97. The fourth-order valence-electron chi connectivity index (χ4n) is 4.11. The van der Waals surface area contributed by atoms with Gasteiger partial charge in [-0.15, -0.1) is 0 Å². The highest BCUT2D eigenvalue weighted by Gasteiger charge is 2.36. The smallest absolute Gasteiger partial charge is 0.0648 e. The van der Waals surface area contributed by atoms with E-state index in [1.54, 1.807) is 16.0 Å². The third kappa shape index (κ3) is 5.26. The normalized spacial score (nSPS) is 14.4. The Balaban J connectivity index is 2.38. The summed E-state index contributed by atoms with van der Waals surface area (Å²) in [4.78, 5) is 4.41. The quantitative estimate of drug-likeness (QED) is 0.296. The van der Waals surface area contributed by atoms with E-state index in [4.69, 9.17) is 0 Å². The summed E-state index contributed by atoms with van der Waals surface area (Å²) in [7, 11) is -0.106. The van der Waals surface area contributed by atoms with Gasteiger partial charge >= 0.3 is 0 Å². The van der Waals surface area contributed by atoms with E-state index in [0.29, 0.717) is 17.8 Å². The molecule has 0 aliphatic rings. The molecule has 0 aliphatic heterocycles. The van der Waals surface area contributed by atoms with Gasteiger partial charge < -0.3 is 0 Å². The monoisotopic (exact) mass is 431 g/mol. The van der Waals surface area contributed by atoms with Crippen molar-refractivity contribution in [2.75, 3.05) is 0 Å². The molecule has 0 N–H and O–H groups in total. The summed E-state index contributed by atoms with van der Waals surface area (Å²) in [6, 6.07) is 27.4. The summed E-state index contributed by atoms with van der Waals surface area (Å²) in [5.41, 5.74) is 4.64. The van der Waals surface area contributed by atoms with Crippen LogP contribution in [-0.2, 0) is 10.9 Å². The first kappa shape index (κ1) is 23.7. The molecule has 164 valence electrons. The lowest BCUT2D eigenvalue weighted by Crippen LogP contribution is -2.15. The van der Waals surface area contributed by atoms with E-state index in [0.717, 1.165) is 12.8 Å². The zero-order valence-electron chi connectivity index (χ0n) is 20.2. The van der Waals surface area contributed by atoms with E-state index in [9.17, 15) is 0 Å². The summed E-state index contributed by atoms with van der Waals surface area (Å²) in [5, 5.41) is 0. The number of rotatable bonds is 9. The lowest BCUT2D eigenvalue weighted by atomic mass is 9.86. The number of hydrogen-bond donors (Lipinski definition) is 0. The van der Waals surface area contributed by atoms with Crippen LogP contribution in [0.15, 0.2) is 87.5 Å². The van der Waals surface area contributed by atoms with Gasteiger partial charge in [0.1, 0.15) is 0 Å². The fraction of sp³-hybridized carbons (Fsp3) is 0.400. The van der Waals surface area contributed by atoms with Crippen molar-refractivity contribution in [3.05, 3.63) is 89.5 Å².